The molecule has 3 rings (SSSR count). The quantitative estimate of drug-likeness (QED) is 0.632. The van der Waals surface area contributed by atoms with Crippen molar-refractivity contribution in [1.29, 1.82) is 0 Å². The molecule has 146 valence electrons. The molecule has 1 aromatic heterocycles. The molecule has 0 saturated carbocycles. The molecule has 2 aromatic carbocycles. The first-order chi connectivity index (χ1) is 13.3. The summed E-state index contributed by atoms with van der Waals surface area (Å²) in [5.41, 5.74) is 2.46. The Hall–Kier alpha value is -3.04. The number of hydrogen-bond donors (Lipinski definition) is 1. The topological polar surface area (TPSA) is 111 Å². The van der Waals surface area contributed by atoms with Crippen molar-refractivity contribution in [3.8, 4) is 11.4 Å². The van der Waals surface area contributed by atoms with Crippen LogP contribution in [0.3, 0.4) is 0 Å². The van der Waals surface area contributed by atoms with Gasteiger partial charge < -0.3 is 9.26 Å². The maximum Gasteiger partial charge on any atom is 0.337 e. The number of methoxy groups -OCH3 is 1. The second-order valence-electron chi connectivity index (χ2n) is 6.18. The lowest BCUT2D eigenvalue weighted by Gasteiger charge is -2.09. The number of benzene rings is 2. The molecule has 8 nitrogen and oxygen atoms in total. The third kappa shape index (κ3) is 4.26. The first kappa shape index (κ1) is 19.7. The summed E-state index contributed by atoms with van der Waals surface area (Å²) in [6, 6.07) is 11.9. The number of hydrogen-bond acceptors (Lipinski definition) is 7. The summed E-state index contributed by atoms with van der Waals surface area (Å²) in [6.07, 6.45) is 0. The van der Waals surface area contributed by atoms with Crippen molar-refractivity contribution in [2.75, 3.05) is 7.11 Å². The van der Waals surface area contributed by atoms with E-state index in [0.717, 1.165) is 11.1 Å². The SMILES string of the molecule is COC(=O)c1ccc(C)c(S(=O)(=O)NCc2nc(-c3cccc(C)c3)no2)c1. The van der Waals surface area contributed by atoms with Crippen molar-refractivity contribution in [2.24, 2.45) is 0 Å². The van der Waals surface area contributed by atoms with Crippen molar-refractivity contribution >= 4 is 16.0 Å². The molecule has 0 saturated heterocycles. The first-order valence-corrected chi connectivity index (χ1v) is 9.87. The molecule has 0 aliphatic carbocycles. The molecule has 0 amide bonds. The summed E-state index contributed by atoms with van der Waals surface area (Å²) < 4.78 is 37.5. The second-order valence-corrected chi connectivity index (χ2v) is 7.91. The standard InChI is InChI=1S/C19H19N3O5S/c1-12-5-4-6-14(9-12)18-21-17(27-22-18)11-20-28(24,25)16-10-15(19(23)26-3)8-7-13(16)2/h4-10,20H,11H2,1-3H3. The van der Waals surface area contributed by atoms with Crippen LogP contribution in [-0.2, 0) is 21.3 Å². The minimum Gasteiger partial charge on any atom is -0.465 e. The normalized spacial score (nSPS) is 11.4. The Morgan fingerprint density at radius 1 is 1.18 bits per heavy atom. The van der Waals surface area contributed by atoms with Crippen molar-refractivity contribution in [3.05, 3.63) is 65.0 Å². The minimum absolute atomic E-state index is 0.0196. The summed E-state index contributed by atoms with van der Waals surface area (Å²) in [5, 5.41) is 3.88. The molecule has 0 spiro atoms. The van der Waals surface area contributed by atoms with E-state index in [4.69, 9.17) is 4.52 Å². The molecule has 3 aromatic rings. The van der Waals surface area contributed by atoms with Gasteiger partial charge in [0.15, 0.2) is 0 Å². The Balaban J connectivity index is 1.78. The van der Waals surface area contributed by atoms with E-state index >= 15 is 0 Å². The van der Waals surface area contributed by atoms with E-state index in [1.807, 2.05) is 31.2 Å². The molecule has 28 heavy (non-hydrogen) atoms. The van der Waals surface area contributed by atoms with Crippen molar-refractivity contribution < 1.29 is 22.5 Å². The summed E-state index contributed by atoms with van der Waals surface area (Å²) in [7, 11) is -2.67. The van der Waals surface area contributed by atoms with Crippen LogP contribution in [0.4, 0.5) is 0 Å². The van der Waals surface area contributed by atoms with E-state index in [1.54, 1.807) is 13.0 Å². The Kier molecular flexibility index (Phi) is 5.57. The Morgan fingerprint density at radius 2 is 1.96 bits per heavy atom. The molecule has 0 bridgehead atoms. The average molecular weight is 401 g/mol. The fourth-order valence-electron chi connectivity index (χ4n) is 2.60. The number of sulfonamides is 1. The average Bonchev–Trinajstić information content (AvgIpc) is 3.15. The van der Waals surface area contributed by atoms with Gasteiger partial charge in [-0.05, 0) is 37.6 Å². The van der Waals surface area contributed by atoms with Gasteiger partial charge in [0.05, 0.1) is 24.1 Å². The molecule has 0 unspecified atom stereocenters. The van der Waals surface area contributed by atoms with Crippen LogP contribution in [0.2, 0.25) is 0 Å². The van der Waals surface area contributed by atoms with E-state index < -0.39 is 16.0 Å². The van der Waals surface area contributed by atoms with Crippen LogP contribution < -0.4 is 4.72 Å². The number of carbonyl (C=O) groups excluding carboxylic acids is 1. The van der Waals surface area contributed by atoms with Crippen LogP contribution >= 0.6 is 0 Å². The van der Waals surface area contributed by atoms with Gasteiger partial charge in [0.25, 0.3) is 0 Å². The Morgan fingerprint density at radius 3 is 2.68 bits per heavy atom. The van der Waals surface area contributed by atoms with Gasteiger partial charge in [0, 0.05) is 5.56 Å². The first-order valence-electron chi connectivity index (χ1n) is 8.38. The lowest BCUT2D eigenvalue weighted by atomic mass is 10.1. The fourth-order valence-corrected chi connectivity index (χ4v) is 3.84. The number of aryl methyl sites for hydroxylation is 2. The summed E-state index contributed by atoms with van der Waals surface area (Å²) >= 11 is 0. The van der Waals surface area contributed by atoms with Gasteiger partial charge >= 0.3 is 5.97 Å². The van der Waals surface area contributed by atoms with Gasteiger partial charge in [-0.15, -0.1) is 0 Å². The summed E-state index contributed by atoms with van der Waals surface area (Å²) in [6.45, 7) is 3.41. The van der Waals surface area contributed by atoms with Crippen LogP contribution in [0.5, 0.6) is 0 Å². The molecule has 1 N–H and O–H groups in total. The van der Waals surface area contributed by atoms with Gasteiger partial charge in [-0.2, -0.15) is 4.98 Å². The van der Waals surface area contributed by atoms with E-state index in [1.165, 1.54) is 19.2 Å². The molecule has 1 heterocycles. The lowest BCUT2D eigenvalue weighted by Crippen LogP contribution is -2.24. The number of carbonyl (C=O) groups is 1. The molecule has 9 heteroatoms. The number of rotatable bonds is 6. The number of esters is 1. The number of aromatic nitrogens is 2. The molecule has 0 atom stereocenters. The lowest BCUT2D eigenvalue weighted by molar-refractivity contribution is 0.0600. The van der Waals surface area contributed by atoms with E-state index in [-0.39, 0.29) is 22.9 Å². The smallest absolute Gasteiger partial charge is 0.337 e. The molecular weight excluding hydrogens is 382 g/mol. The highest BCUT2D eigenvalue weighted by molar-refractivity contribution is 7.89. The minimum atomic E-state index is -3.90. The van der Waals surface area contributed by atoms with E-state index in [2.05, 4.69) is 19.6 Å². The van der Waals surface area contributed by atoms with Gasteiger partial charge in [0.2, 0.25) is 21.7 Å². The Bertz CT molecular complexity index is 1120. The van der Waals surface area contributed by atoms with Crippen LogP contribution in [0.15, 0.2) is 51.9 Å². The predicted molar refractivity (Wildman–Crippen MR) is 101 cm³/mol. The third-order valence-corrected chi connectivity index (χ3v) is 5.60. The zero-order chi connectivity index (χ0) is 20.3. The van der Waals surface area contributed by atoms with Crippen LogP contribution in [-0.4, -0.2) is 31.6 Å². The number of nitrogens with one attached hydrogen (secondary N) is 1. The highest BCUT2D eigenvalue weighted by Gasteiger charge is 2.20. The maximum absolute atomic E-state index is 12.7. The Labute approximate surface area is 162 Å². The summed E-state index contributed by atoms with van der Waals surface area (Å²) in [4.78, 5) is 15.9. The molecule has 0 aliphatic heterocycles. The van der Waals surface area contributed by atoms with Gasteiger partial charge in [0.1, 0.15) is 0 Å². The largest absolute Gasteiger partial charge is 0.465 e. The van der Waals surface area contributed by atoms with Crippen molar-refractivity contribution in [3.63, 3.8) is 0 Å². The summed E-state index contributed by atoms with van der Waals surface area (Å²) in [5.74, 6) is -0.111. The van der Waals surface area contributed by atoms with Crippen LogP contribution in [0, 0.1) is 13.8 Å². The second kappa shape index (κ2) is 7.91. The maximum atomic E-state index is 12.7. The fraction of sp³-hybridized carbons (Fsp3) is 0.211. The zero-order valence-corrected chi connectivity index (χ0v) is 16.4. The van der Waals surface area contributed by atoms with Crippen molar-refractivity contribution in [1.82, 2.24) is 14.9 Å². The zero-order valence-electron chi connectivity index (χ0n) is 15.6. The van der Waals surface area contributed by atoms with Crippen molar-refractivity contribution in [2.45, 2.75) is 25.3 Å². The molecular formula is C19H19N3O5S. The van der Waals surface area contributed by atoms with E-state index in [9.17, 15) is 13.2 Å². The van der Waals surface area contributed by atoms with Crippen LogP contribution in [0.1, 0.15) is 27.4 Å². The van der Waals surface area contributed by atoms with Gasteiger partial charge in [-0.25, -0.2) is 17.9 Å². The van der Waals surface area contributed by atoms with Gasteiger partial charge in [-0.3, -0.25) is 0 Å². The molecule has 0 fully saturated rings. The number of ether oxygens (including phenoxy) is 1. The van der Waals surface area contributed by atoms with Gasteiger partial charge in [-0.1, -0.05) is 35.0 Å². The van der Waals surface area contributed by atoms with E-state index in [0.29, 0.717) is 11.4 Å². The van der Waals surface area contributed by atoms with Crippen LogP contribution in [0.25, 0.3) is 11.4 Å². The third-order valence-electron chi connectivity index (χ3n) is 4.06. The number of nitrogens with zero attached hydrogens (tertiary/aromatic N) is 2. The monoisotopic (exact) mass is 401 g/mol. The highest BCUT2D eigenvalue weighted by Crippen LogP contribution is 2.19. The predicted octanol–water partition coefficient (Wildman–Crippen LogP) is 2.62. The highest BCUT2D eigenvalue weighted by atomic mass is 32.2. The molecule has 0 radical (unpaired) electrons. The molecule has 0 aliphatic rings.